The zero-order valence-corrected chi connectivity index (χ0v) is 12.8. The maximum Gasteiger partial charge on any atom is 0.306 e. The van der Waals surface area contributed by atoms with Gasteiger partial charge in [0, 0.05) is 20.0 Å². The van der Waals surface area contributed by atoms with Crippen molar-refractivity contribution >= 4 is 23.0 Å². The number of carbonyl (C=O) groups excluding carboxylic acids is 1. The largest absolute Gasteiger partial charge is 0.457 e. The van der Waals surface area contributed by atoms with Crippen molar-refractivity contribution in [2.45, 2.75) is 24.9 Å². The third kappa shape index (κ3) is 2.07. The van der Waals surface area contributed by atoms with Crippen LogP contribution in [0.3, 0.4) is 0 Å². The Bertz CT molecular complexity index is 761. The molecule has 9 heteroatoms. The van der Waals surface area contributed by atoms with Crippen molar-refractivity contribution in [1.29, 1.82) is 0 Å². The molecule has 0 aliphatic carbocycles. The van der Waals surface area contributed by atoms with Gasteiger partial charge in [-0.05, 0) is 0 Å². The smallest absolute Gasteiger partial charge is 0.306 e. The lowest BCUT2D eigenvalue weighted by Crippen LogP contribution is -2.24. The molecule has 2 aromatic rings. The molecular weight excluding hydrogens is 302 g/mol. The van der Waals surface area contributed by atoms with Gasteiger partial charge in [0.2, 0.25) is 0 Å². The fourth-order valence-corrected chi connectivity index (χ4v) is 3.32. The molecule has 0 spiro atoms. The van der Waals surface area contributed by atoms with Crippen molar-refractivity contribution in [2.75, 3.05) is 25.6 Å². The predicted molar refractivity (Wildman–Crippen MR) is 78.6 cm³/mol. The Hall–Kier alpha value is -2.26. The SMILES string of the molecule is CN(C)c1ncnc2c1ncn2[C@@H]1O[C@H](CO)[C@@H]2CC(=O)O[C@@H]21. The summed E-state index contributed by atoms with van der Waals surface area (Å²) < 4.78 is 13.0. The van der Waals surface area contributed by atoms with Gasteiger partial charge in [-0.3, -0.25) is 9.36 Å². The number of rotatable bonds is 3. The van der Waals surface area contributed by atoms with Crippen molar-refractivity contribution in [2.24, 2.45) is 5.92 Å². The molecule has 4 heterocycles. The van der Waals surface area contributed by atoms with Gasteiger partial charge in [0.05, 0.1) is 25.5 Å². The highest BCUT2D eigenvalue weighted by molar-refractivity contribution is 5.83. The first kappa shape index (κ1) is 14.3. The maximum atomic E-state index is 11.6. The van der Waals surface area contributed by atoms with Crippen LogP contribution in [0, 0.1) is 5.92 Å². The molecule has 2 aliphatic heterocycles. The number of hydrogen-bond acceptors (Lipinski definition) is 8. The predicted octanol–water partition coefficient (Wildman–Crippen LogP) is -0.286. The van der Waals surface area contributed by atoms with Gasteiger partial charge in [-0.15, -0.1) is 0 Å². The van der Waals surface area contributed by atoms with E-state index in [9.17, 15) is 9.90 Å². The number of esters is 1. The molecule has 0 bridgehead atoms. The molecular formula is C14H17N5O4. The van der Waals surface area contributed by atoms with E-state index >= 15 is 0 Å². The zero-order valence-electron chi connectivity index (χ0n) is 12.8. The average Bonchev–Trinajstić information content (AvgIpc) is 3.19. The molecule has 0 unspecified atom stereocenters. The lowest BCUT2D eigenvalue weighted by molar-refractivity contribution is -0.149. The number of ether oxygens (including phenoxy) is 2. The Labute approximate surface area is 131 Å². The summed E-state index contributed by atoms with van der Waals surface area (Å²) in [6, 6.07) is 0. The van der Waals surface area contributed by atoms with E-state index in [1.54, 1.807) is 10.9 Å². The second kappa shape index (κ2) is 5.14. The summed E-state index contributed by atoms with van der Waals surface area (Å²) in [5.41, 5.74) is 1.25. The first-order chi connectivity index (χ1) is 11.1. The highest BCUT2D eigenvalue weighted by atomic mass is 16.6. The van der Waals surface area contributed by atoms with Crippen LogP contribution in [0.4, 0.5) is 5.82 Å². The van der Waals surface area contributed by atoms with Crippen LogP contribution in [0.25, 0.3) is 11.2 Å². The third-order valence-electron chi connectivity index (χ3n) is 4.38. The minimum atomic E-state index is -0.543. The minimum absolute atomic E-state index is 0.148. The van der Waals surface area contributed by atoms with Gasteiger partial charge in [0.1, 0.15) is 6.33 Å². The number of aliphatic hydroxyl groups is 1. The van der Waals surface area contributed by atoms with Gasteiger partial charge in [-0.25, -0.2) is 15.0 Å². The van der Waals surface area contributed by atoms with Crippen molar-refractivity contribution in [1.82, 2.24) is 19.5 Å². The maximum absolute atomic E-state index is 11.6. The minimum Gasteiger partial charge on any atom is -0.457 e. The molecule has 9 nitrogen and oxygen atoms in total. The van der Waals surface area contributed by atoms with Gasteiger partial charge in [-0.1, -0.05) is 0 Å². The molecule has 4 atom stereocenters. The average molecular weight is 319 g/mol. The summed E-state index contributed by atoms with van der Waals surface area (Å²) >= 11 is 0. The second-order valence-corrected chi connectivity index (χ2v) is 5.99. The Balaban J connectivity index is 1.78. The fourth-order valence-electron chi connectivity index (χ4n) is 3.32. The number of carbonyl (C=O) groups is 1. The molecule has 2 fully saturated rings. The van der Waals surface area contributed by atoms with Crippen LogP contribution in [0.2, 0.25) is 0 Å². The molecule has 0 saturated carbocycles. The monoisotopic (exact) mass is 319 g/mol. The van der Waals surface area contributed by atoms with E-state index in [-0.39, 0.29) is 24.9 Å². The molecule has 4 rings (SSSR count). The van der Waals surface area contributed by atoms with Crippen molar-refractivity contribution in [3.8, 4) is 0 Å². The highest BCUT2D eigenvalue weighted by Gasteiger charge is 2.52. The summed E-state index contributed by atoms with van der Waals surface area (Å²) in [5.74, 6) is 0.287. The number of imidazole rings is 1. The van der Waals surface area contributed by atoms with Crippen LogP contribution in [-0.2, 0) is 14.3 Å². The zero-order chi connectivity index (χ0) is 16.1. The van der Waals surface area contributed by atoms with Crippen molar-refractivity contribution in [3.05, 3.63) is 12.7 Å². The Morgan fingerprint density at radius 3 is 2.96 bits per heavy atom. The van der Waals surface area contributed by atoms with E-state index in [0.717, 1.165) is 0 Å². The quantitative estimate of drug-likeness (QED) is 0.770. The van der Waals surface area contributed by atoms with Crippen LogP contribution in [0.15, 0.2) is 12.7 Å². The van der Waals surface area contributed by atoms with Gasteiger partial charge < -0.3 is 19.5 Å². The lowest BCUT2D eigenvalue weighted by Gasteiger charge is -2.18. The number of aliphatic hydroxyl groups excluding tert-OH is 1. The number of fused-ring (bicyclic) bond motifs is 2. The third-order valence-corrected chi connectivity index (χ3v) is 4.38. The summed E-state index contributed by atoms with van der Waals surface area (Å²) in [6.07, 6.45) is 1.93. The molecule has 2 saturated heterocycles. The van der Waals surface area contributed by atoms with Gasteiger partial charge in [0.15, 0.2) is 29.3 Å². The Morgan fingerprint density at radius 2 is 2.22 bits per heavy atom. The van der Waals surface area contributed by atoms with Crippen LogP contribution < -0.4 is 4.90 Å². The Morgan fingerprint density at radius 1 is 1.39 bits per heavy atom. The summed E-state index contributed by atoms with van der Waals surface area (Å²) in [4.78, 5) is 26.4. The number of hydrogen-bond donors (Lipinski definition) is 1. The topological polar surface area (TPSA) is 103 Å². The van der Waals surface area contributed by atoms with Crippen LogP contribution in [-0.4, -0.2) is 63.5 Å². The van der Waals surface area contributed by atoms with E-state index in [1.807, 2.05) is 19.0 Å². The molecule has 0 aromatic carbocycles. The van der Waals surface area contributed by atoms with Crippen LogP contribution in [0.5, 0.6) is 0 Å². The molecule has 0 amide bonds. The van der Waals surface area contributed by atoms with Crippen LogP contribution >= 0.6 is 0 Å². The molecule has 23 heavy (non-hydrogen) atoms. The van der Waals surface area contributed by atoms with E-state index < -0.39 is 18.4 Å². The molecule has 0 radical (unpaired) electrons. The molecule has 2 aliphatic rings. The highest BCUT2D eigenvalue weighted by Crippen LogP contribution is 2.43. The second-order valence-electron chi connectivity index (χ2n) is 5.99. The fraction of sp³-hybridized carbons (Fsp3) is 0.571. The number of anilines is 1. The Kier molecular flexibility index (Phi) is 3.20. The molecule has 2 aromatic heterocycles. The van der Waals surface area contributed by atoms with E-state index in [4.69, 9.17) is 9.47 Å². The standard InChI is InChI=1S/C14H17N5O4/c1-18(2)12-10-13(16-5-15-12)19(6-17-10)14-11-7(3-9(21)23-11)8(4-20)22-14/h5-8,11,14,20H,3-4H2,1-2H3/t7-,8+,11-,14+/m0/s1. The summed E-state index contributed by atoms with van der Waals surface area (Å²) in [6.45, 7) is -0.154. The first-order valence-corrected chi connectivity index (χ1v) is 7.41. The van der Waals surface area contributed by atoms with E-state index in [0.29, 0.717) is 17.0 Å². The molecule has 122 valence electrons. The van der Waals surface area contributed by atoms with Crippen molar-refractivity contribution in [3.63, 3.8) is 0 Å². The number of nitrogens with zero attached hydrogens (tertiary/aromatic N) is 5. The lowest BCUT2D eigenvalue weighted by atomic mass is 9.97. The van der Waals surface area contributed by atoms with Gasteiger partial charge in [-0.2, -0.15) is 0 Å². The van der Waals surface area contributed by atoms with E-state index in [1.165, 1.54) is 6.33 Å². The summed E-state index contributed by atoms with van der Waals surface area (Å²) in [5, 5.41) is 9.50. The summed E-state index contributed by atoms with van der Waals surface area (Å²) in [7, 11) is 3.76. The van der Waals surface area contributed by atoms with Crippen LogP contribution in [0.1, 0.15) is 12.6 Å². The first-order valence-electron chi connectivity index (χ1n) is 7.41. The number of aromatic nitrogens is 4. The van der Waals surface area contributed by atoms with Gasteiger partial charge >= 0.3 is 5.97 Å². The van der Waals surface area contributed by atoms with E-state index in [2.05, 4.69) is 15.0 Å². The van der Waals surface area contributed by atoms with Gasteiger partial charge in [0.25, 0.3) is 0 Å². The molecule has 1 N–H and O–H groups in total. The van der Waals surface area contributed by atoms with Crippen molar-refractivity contribution < 1.29 is 19.4 Å². The normalized spacial score (nSPS) is 29.8.